The van der Waals surface area contributed by atoms with E-state index in [0.29, 0.717) is 5.75 Å². The monoisotopic (exact) mass is 202 g/mol. The van der Waals surface area contributed by atoms with Gasteiger partial charge in [-0.1, -0.05) is 37.3 Å². The van der Waals surface area contributed by atoms with Crippen molar-refractivity contribution < 1.29 is 10.2 Å². The Morgan fingerprint density at radius 2 is 1.73 bits per heavy atom. The normalized spacial score (nSPS) is 12.9. The van der Waals surface area contributed by atoms with Gasteiger partial charge >= 0.3 is 0 Å². The van der Waals surface area contributed by atoms with Crippen molar-refractivity contribution in [1.82, 2.24) is 0 Å². The second kappa shape index (κ2) is 3.91. The molecule has 2 N–H and O–H groups in total. The standard InChI is InChI=1S/C13H14O2/c1-9(8-14)10-4-2-6-12-11(10)5-3-7-13(12)15/h2-7,9,14-15H,8H2,1H3. The molecule has 0 fully saturated rings. The average molecular weight is 202 g/mol. The number of phenols is 1. The zero-order valence-electron chi connectivity index (χ0n) is 8.64. The number of phenolic OH excluding ortho intramolecular Hbond substituents is 1. The van der Waals surface area contributed by atoms with Crippen molar-refractivity contribution in [3.05, 3.63) is 42.0 Å². The summed E-state index contributed by atoms with van der Waals surface area (Å²) < 4.78 is 0. The highest BCUT2D eigenvalue weighted by Gasteiger charge is 2.09. The lowest BCUT2D eigenvalue weighted by atomic mass is 9.95. The van der Waals surface area contributed by atoms with E-state index in [1.54, 1.807) is 6.07 Å². The zero-order chi connectivity index (χ0) is 10.8. The van der Waals surface area contributed by atoms with Gasteiger partial charge < -0.3 is 10.2 Å². The summed E-state index contributed by atoms with van der Waals surface area (Å²) in [6.45, 7) is 2.09. The lowest BCUT2D eigenvalue weighted by molar-refractivity contribution is 0.273. The maximum absolute atomic E-state index is 9.69. The van der Waals surface area contributed by atoms with Crippen molar-refractivity contribution in [3.63, 3.8) is 0 Å². The molecule has 2 heteroatoms. The largest absolute Gasteiger partial charge is 0.507 e. The molecule has 1 unspecified atom stereocenters. The predicted molar refractivity (Wildman–Crippen MR) is 61.1 cm³/mol. The van der Waals surface area contributed by atoms with Gasteiger partial charge in [-0.2, -0.15) is 0 Å². The molecule has 0 spiro atoms. The summed E-state index contributed by atoms with van der Waals surface area (Å²) in [7, 11) is 0. The Hall–Kier alpha value is -1.54. The minimum absolute atomic E-state index is 0.0931. The van der Waals surface area contributed by atoms with E-state index in [1.807, 2.05) is 37.3 Å². The summed E-state index contributed by atoms with van der Waals surface area (Å²) in [6, 6.07) is 11.3. The summed E-state index contributed by atoms with van der Waals surface area (Å²) >= 11 is 0. The predicted octanol–water partition coefficient (Wildman–Crippen LogP) is 2.64. The molecule has 0 bridgehead atoms. The first kappa shape index (κ1) is 9.99. The molecule has 0 saturated heterocycles. The number of aliphatic hydroxyl groups is 1. The van der Waals surface area contributed by atoms with E-state index in [9.17, 15) is 5.11 Å². The first-order valence-corrected chi connectivity index (χ1v) is 5.05. The number of fused-ring (bicyclic) bond motifs is 1. The van der Waals surface area contributed by atoms with Gasteiger partial charge in [0.15, 0.2) is 0 Å². The van der Waals surface area contributed by atoms with E-state index in [2.05, 4.69) is 0 Å². The number of benzene rings is 2. The fourth-order valence-electron chi connectivity index (χ4n) is 1.85. The molecule has 2 nitrogen and oxygen atoms in total. The van der Waals surface area contributed by atoms with Crippen molar-refractivity contribution in [2.75, 3.05) is 6.61 Å². The van der Waals surface area contributed by atoms with Crippen LogP contribution < -0.4 is 0 Å². The van der Waals surface area contributed by atoms with E-state index in [1.165, 1.54) is 0 Å². The zero-order valence-corrected chi connectivity index (χ0v) is 8.64. The molecule has 2 aromatic rings. The third-order valence-corrected chi connectivity index (χ3v) is 2.74. The van der Waals surface area contributed by atoms with Gasteiger partial charge in [-0.25, -0.2) is 0 Å². The van der Waals surface area contributed by atoms with Crippen LogP contribution in [0.5, 0.6) is 5.75 Å². The molecule has 0 amide bonds. The van der Waals surface area contributed by atoms with Crippen LogP contribution in [0.4, 0.5) is 0 Å². The van der Waals surface area contributed by atoms with Crippen LogP contribution in [0.3, 0.4) is 0 Å². The number of rotatable bonds is 2. The van der Waals surface area contributed by atoms with Gasteiger partial charge in [-0.05, 0) is 17.0 Å². The van der Waals surface area contributed by atoms with Crippen LogP contribution in [0.15, 0.2) is 36.4 Å². The third kappa shape index (κ3) is 1.68. The second-order valence-electron chi connectivity index (χ2n) is 3.80. The topological polar surface area (TPSA) is 40.5 Å². The van der Waals surface area contributed by atoms with Gasteiger partial charge in [-0.15, -0.1) is 0 Å². The van der Waals surface area contributed by atoms with Gasteiger partial charge in [0, 0.05) is 17.9 Å². The molecule has 0 aliphatic rings. The molecule has 15 heavy (non-hydrogen) atoms. The molecular weight excluding hydrogens is 188 g/mol. The fourth-order valence-corrected chi connectivity index (χ4v) is 1.85. The summed E-state index contributed by atoms with van der Waals surface area (Å²) in [4.78, 5) is 0. The van der Waals surface area contributed by atoms with E-state index >= 15 is 0 Å². The van der Waals surface area contributed by atoms with Crippen molar-refractivity contribution >= 4 is 10.8 Å². The maximum Gasteiger partial charge on any atom is 0.123 e. The smallest absolute Gasteiger partial charge is 0.123 e. The highest BCUT2D eigenvalue weighted by atomic mass is 16.3. The fraction of sp³-hybridized carbons (Fsp3) is 0.231. The molecule has 0 saturated carbocycles. The molecule has 0 radical (unpaired) electrons. The number of aliphatic hydroxyl groups excluding tert-OH is 1. The molecule has 0 heterocycles. The number of hydrogen-bond acceptors (Lipinski definition) is 2. The molecule has 0 aromatic heterocycles. The lowest BCUT2D eigenvalue weighted by Crippen LogP contribution is -1.99. The van der Waals surface area contributed by atoms with Crippen LogP contribution in [0.2, 0.25) is 0 Å². The molecular formula is C13H14O2. The van der Waals surface area contributed by atoms with Gasteiger partial charge in [0.2, 0.25) is 0 Å². The quantitative estimate of drug-likeness (QED) is 0.786. The summed E-state index contributed by atoms with van der Waals surface area (Å²) in [5.74, 6) is 0.384. The minimum atomic E-state index is 0.0931. The highest BCUT2D eigenvalue weighted by molar-refractivity contribution is 5.91. The molecule has 0 aliphatic heterocycles. The number of aromatic hydroxyl groups is 1. The van der Waals surface area contributed by atoms with E-state index in [-0.39, 0.29) is 12.5 Å². The molecule has 2 aromatic carbocycles. The van der Waals surface area contributed by atoms with E-state index in [0.717, 1.165) is 16.3 Å². The Balaban J connectivity index is 2.71. The Bertz CT molecular complexity index is 477. The summed E-state index contributed by atoms with van der Waals surface area (Å²) in [5, 5.41) is 20.7. The number of hydrogen-bond donors (Lipinski definition) is 2. The molecule has 78 valence electrons. The average Bonchev–Trinajstić information content (AvgIpc) is 2.28. The summed E-state index contributed by atoms with van der Waals surface area (Å²) in [5.41, 5.74) is 1.07. The van der Waals surface area contributed by atoms with Gasteiger partial charge in [0.05, 0.1) is 0 Å². The minimum Gasteiger partial charge on any atom is -0.507 e. The van der Waals surface area contributed by atoms with Crippen LogP contribution in [0.25, 0.3) is 10.8 Å². The molecule has 0 aliphatic carbocycles. The van der Waals surface area contributed by atoms with Crippen LogP contribution in [-0.2, 0) is 0 Å². The Morgan fingerprint density at radius 3 is 2.47 bits per heavy atom. The first-order chi connectivity index (χ1) is 7.24. The van der Waals surface area contributed by atoms with Crippen LogP contribution in [-0.4, -0.2) is 16.8 Å². The van der Waals surface area contributed by atoms with Crippen molar-refractivity contribution in [1.29, 1.82) is 0 Å². The van der Waals surface area contributed by atoms with Crippen molar-refractivity contribution in [2.24, 2.45) is 0 Å². The van der Waals surface area contributed by atoms with Gasteiger partial charge in [0.1, 0.15) is 5.75 Å². The van der Waals surface area contributed by atoms with E-state index < -0.39 is 0 Å². The molecule has 1 atom stereocenters. The van der Waals surface area contributed by atoms with Crippen LogP contribution in [0.1, 0.15) is 18.4 Å². The Morgan fingerprint density at radius 1 is 1.07 bits per heavy atom. The van der Waals surface area contributed by atoms with Gasteiger partial charge in [-0.3, -0.25) is 0 Å². The van der Waals surface area contributed by atoms with Crippen LogP contribution in [0, 0.1) is 0 Å². The second-order valence-corrected chi connectivity index (χ2v) is 3.80. The van der Waals surface area contributed by atoms with Crippen molar-refractivity contribution in [2.45, 2.75) is 12.8 Å². The summed E-state index contributed by atoms with van der Waals surface area (Å²) in [6.07, 6.45) is 0. The van der Waals surface area contributed by atoms with Crippen LogP contribution >= 0.6 is 0 Å². The highest BCUT2D eigenvalue weighted by Crippen LogP contribution is 2.30. The maximum atomic E-state index is 9.69. The molecule has 2 rings (SSSR count). The Labute approximate surface area is 88.8 Å². The Kier molecular flexibility index (Phi) is 2.60. The van der Waals surface area contributed by atoms with Gasteiger partial charge in [0.25, 0.3) is 0 Å². The third-order valence-electron chi connectivity index (χ3n) is 2.74. The lowest BCUT2D eigenvalue weighted by Gasteiger charge is -2.12. The SMILES string of the molecule is CC(CO)c1cccc2c(O)cccc12. The van der Waals surface area contributed by atoms with Crippen molar-refractivity contribution in [3.8, 4) is 5.75 Å². The van der Waals surface area contributed by atoms with E-state index in [4.69, 9.17) is 5.11 Å². The first-order valence-electron chi connectivity index (χ1n) is 5.05.